The predicted octanol–water partition coefficient (Wildman–Crippen LogP) is 5.68. The number of carbonyl (C=O) groups is 2. The van der Waals surface area contributed by atoms with Crippen molar-refractivity contribution in [3.63, 3.8) is 0 Å². The molecule has 0 saturated heterocycles. The zero-order valence-electron chi connectivity index (χ0n) is 20.0. The van der Waals surface area contributed by atoms with Crippen LogP contribution in [-0.4, -0.2) is 37.1 Å². The molecule has 0 aromatic carbocycles. The van der Waals surface area contributed by atoms with Crippen LogP contribution >= 0.6 is 0 Å². The van der Waals surface area contributed by atoms with E-state index in [-0.39, 0.29) is 13.3 Å². The fourth-order valence-corrected chi connectivity index (χ4v) is 4.19. The Morgan fingerprint density at radius 1 is 0.867 bits per heavy atom. The van der Waals surface area contributed by atoms with Crippen LogP contribution in [0.5, 0.6) is 0 Å². The molecular formula is C25H49NO4. The maximum Gasteiger partial charge on any atom is 0.217 e. The van der Waals surface area contributed by atoms with Crippen molar-refractivity contribution in [2.45, 2.75) is 117 Å². The van der Waals surface area contributed by atoms with Gasteiger partial charge < -0.3 is 15.2 Å². The van der Waals surface area contributed by atoms with Crippen LogP contribution in [0.25, 0.3) is 0 Å². The lowest BCUT2D eigenvalue weighted by molar-refractivity contribution is -0.126. The molecule has 2 saturated carbocycles. The minimum atomic E-state index is -0.245. The molecule has 5 heteroatoms. The van der Waals surface area contributed by atoms with Gasteiger partial charge in [0.15, 0.2) is 0 Å². The number of hydrogen-bond acceptors (Lipinski definition) is 4. The van der Waals surface area contributed by atoms with E-state index in [1.807, 2.05) is 13.8 Å². The topological polar surface area (TPSA) is 78.6 Å². The lowest BCUT2D eigenvalue weighted by Crippen LogP contribution is -2.27. The smallest absolute Gasteiger partial charge is 0.217 e. The lowest BCUT2D eigenvalue weighted by atomic mass is 9.83. The Balaban J connectivity index is 0.000000640. The van der Waals surface area contributed by atoms with Gasteiger partial charge in [-0.25, -0.2) is 0 Å². The average Bonchev–Trinajstić information content (AvgIpc) is 2.72. The molecule has 0 atom stereocenters. The SMILES string of the molecule is CC(C)C(=O)C1CCCCC1.CC(C)CCOC1CCC(OCCCC(N)=O)CC1.[HH]. The Morgan fingerprint density at radius 3 is 1.87 bits per heavy atom. The van der Waals surface area contributed by atoms with Crippen LogP contribution < -0.4 is 5.73 Å². The van der Waals surface area contributed by atoms with Gasteiger partial charge in [0.2, 0.25) is 5.91 Å². The number of Topliss-reactive ketones (excluding diaryl/α,β-unsaturated/α-hetero) is 1. The van der Waals surface area contributed by atoms with Crippen molar-refractivity contribution in [2.75, 3.05) is 13.2 Å². The molecule has 2 fully saturated rings. The molecule has 178 valence electrons. The summed E-state index contributed by atoms with van der Waals surface area (Å²) in [6.45, 7) is 9.99. The molecule has 0 aromatic rings. The van der Waals surface area contributed by atoms with Crippen molar-refractivity contribution in [3.05, 3.63) is 0 Å². The van der Waals surface area contributed by atoms with E-state index in [0.29, 0.717) is 42.9 Å². The highest BCUT2D eigenvalue weighted by Crippen LogP contribution is 2.26. The molecule has 0 aromatic heterocycles. The van der Waals surface area contributed by atoms with E-state index < -0.39 is 0 Å². The molecule has 0 radical (unpaired) electrons. The molecule has 30 heavy (non-hydrogen) atoms. The number of primary amides is 1. The van der Waals surface area contributed by atoms with E-state index in [1.165, 1.54) is 19.3 Å². The summed E-state index contributed by atoms with van der Waals surface area (Å²) in [4.78, 5) is 22.1. The Labute approximate surface area is 186 Å². The molecule has 2 aliphatic carbocycles. The second-order valence-corrected chi connectivity index (χ2v) is 9.78. The number of hydrogen-bond donors (Lipinski definition) is 1. The summed E-state index contributed by atoms with van der Waals surface area (Å²) >= 11 is 0. The molecular weight excluding hydrogens is 378 g/mol. The van der Waals surface area contributed by atoms with E-state index in [1.54, 1.807) is 0 Å². The second kappa shape index (κ2) is 15.8. The highest BCUT2D eigenvalue weighted by Gasteiger charge is 2.23. The van der Waals surface area contributed by atoms with Crippen LogP contribution in [0.1, 0.15) is 106 Å². The largest absolute Gasteiger partial charge is 0.378 e. The highest BCUT2D eigenvalue weighted by molar-refractivity contribution is 5.82. The molecule has 0 aliphatic heterocycles. The van der Waals surface area contributed by atoms with Crippen LogP contribution in [0.4, 0.5) is 0 Å². The molecule has 0 unspecified atom stereocenters. The predicted molar refractivity (Wildman–Crippen MR) is 124 cm³/mol. The maximum absolute atomic E-state index is 11.5. The fraction of sp³-hybridized carbons (Fsp3) is 0.920. The molecule has 0 spiro atoms. The summed E-state index contributed by atoms with van der Waals surface area (Å²) in [6, 6.07) is 0. The third-order valence-corrected chi connectivity index (χ3v) is 6.17. The first-order chi connectivity index (χ1) is 14.3. The van der Waals surface area contributed by atoms with Gasteiger partial charge in [-0.05, 0) is 57.3 Å². The van der Waals surface area contributed by atoms with Crippen LogP contribution in [0.3, 0.4) is 0 Å². The van der Waals surface area contributed by atoms with E-state index >= 15 is 0 Å². The summed E-state index contributed by atoms with van der Waals surface area (Å²) in [7, 11) is 0. The minimum Gasteiger partial charge on any atom is -0.378 e. The molecule has 2 rings (SSSR count). The Kier molecular flexibility index (Phi) is 14.3. The first-order valence-corrected chi connectivity index (χ1v) is 12.3. The molecule has 0 bridgehead atoms. The highest BCUT2D eigenvalue weighted by atomic mass is 16.5. The Bertz CT molecular complexity index is 470. The lowest BCUT2D eigenvalue weighted by Gasteiger charge is -2.28. The summed E-state index contributed by atoms with van der Waals surface area (Å²) in [5.41, 5.74) is 5.09. The van der Waals surface area contributed by atoms with Crippen molar-refractivity contribution in [1.29, 1.82) is 0 Å². The van der Waals surface area contributed by atoms with Crippen LogP contribution in [0.2, 0.25) is 0 Å². The third kappa shape index (κ3) is 12.7. The van der Waals surface area contributed by atoms with Gasteiger partial charge in [-0.2, -0.15) is 0 Å². The van der Waals surface area contributed by atoms with Crippen molar-refractivity contribution in [2.24, 2.45) is 23.5 Å². The third-order valence-electron chi connectivity index (χ3n) is 6.17. The van der Waals surface area contributed by atoms with Crippen molar-refractivity contribution in [1.82, 2.24) is 0 Å². The van der Waals surface area contributed by atoms with Gasteiger partial charge in [0.05, 0.1) is 12.2 Å². The molecule has 0 heterocycles. The standard InChI is InChI=1S/C15H29NO3.C10H18O.H2/c1-12(2)9-11-19-14-7-5-13(6-8-14)18-10-3-4-15(16)17;1-8(2)10(11)9-6-4-3-5-7-9;/h12-14H,3-11H2,1-2H3,(H2,16,17);8-9H,3-7H2,1-2H3;1H. The van der Waals surface area contributed by atoms with Crippen molar-refractivity contribution < 1.29 is 20.5 Å². The van der Waals surface area contributed by atoms with Crippen LogP contribution in [0, 0.1) is 17.8 Å². The number of amides is 1. The molecule has 2 aliphatic rings. The summed E-state index contributed by atoms with van der Waals surface area (Å²) in [6.07, 6.45) is 13.6. The van der Waals surface area contributed by atoms with Gasteiger partial charge in [0, 0.05) is 32.9 Å². The quantitative estimate of drug-likeness (QED) is 0.430. The van der Waals surface area contributed by atoms with Crippen molar-refractivity contribution in [3.8, 4) is 0 Å². The van der Waals surface area contributed by atoms with Gasteiger partial charge in [-0.15, -0.1) is 0 Å². The first kappa shape index (κ1) is 27.1. The zero-order chi connectivity index (χ0) is 22.4. The van der Waals surface area contributed by atoms with Crippen LogP contribution in [-0.2, 0) is 19.1 Å². The molecule has 1 amide bonds. The number of ketones is 1. The number of ether oxygens (including phenoxy) is 2. The monoisotopic (exact) mass is 427 g/mol. The zero-order valence-corrected chi connectivity index (χ0v) is 20.0. The van der Waals surface area contributed by atoms with Gasteiger partial charge in [-0.1, -0.05) is 47.0 Å². The Hall–Kier alpha value is -0.940. The van der Waals surface area contributed by atoms with Gasteiger partial charge in [0.1, 0.15) is 5.78 Å². The summed E-state index contributed by atoms with van der Waals surface area (Å²) in [5, 5.41) is 0. The fourth-order valence-electron chi connectivity index (χ4n) is 4.19. The van der Waals surface area contributed by atoms with E-state index in [0.717, 1.165) is 58.0 Å². The summed E-state index contributed by atoms with van der Waals surface area (Å²) < 4.78 is 11.6. The maximum atomic E-state index is 11.5. The molecule has 2 N–H and O–H groups in total. The van der Waals surface area contributed by atoms with Gasteiger partial charge in [0.25, 0.3) is 0 Å². The van der Waals surface area contributed by atoms with E-state index in [4.69, 9.17) is 15.2 Å². The average molecular weight is 428 g/mol. The second-order valence-electron chi connectivity index (χ2n) is 9.78. The Morgan fingerprint density at radius 2 is 1.40 bits per heavy atom. The van der Waals surface area contributed by atoms with Gasteiger partial charge in [-0.3, -0.25) is 9.59 Å². The van der Waals surface area contributed by atoms with Gasteiger partial charge >= 0.3 is 0 Å². The van der Waals surface area contributed by atoms with E-state index in [2.05, 4.69) is 13.8 Å². The number of nitrogens with two attached hydrogens (primary N) is 1. The summed E-state index contributed by atoms with van der Waals surface area (Å²) in [5.74, 6) is 1.61. The number of carbonyl (C=O) groups excluding carboxylic acids is 2. The van der Waals surface area contributed by atoms with Crippen molar-refractivity contribution >= 4 is 11.7 Å². The van der Waals surface area contributed by atoms with Crippen LogP contribution in [0.15, 0.2) is 0 Å². The molecule has 5 nitrogen and oxygen atoms in total. The normalized spacial score (nSPS) is 22.6. The first-order valence-electron chi connectivity index (χ1n) is 12.3. The number of rotatable bonds is 11. The van der Waals surface area contributed by atoms with E-state index in [9.17, 15) is 9.59 Å². The minimum absolute atomic E-state index is 0.